The molecule has 18 heavy (non-hydrogen) atoms. The fourth-order valence-electron chi connectivity index (χ4n) is 3.01. The summed E-state index contributed by atoms with van der Waals surface area (Å²) < 4.78 is 0. The number of rotatable bonds is 4. The second-order valence-electron chi connectivity index (χ2n) is 6.08. The van der Waals surface area contributed by atoms with Crippen molar-refractivity contribution in [1.29, 1.82) is 0 Å². The average molecular weight is 253 g/mol. The minimum absolute atomic E-state index is 0.264. The van der Waals surface area contributed by atoms with Gasteiger partial charge in [-0.3, -0.25) is 9.59 Å². The van der Waals surface area contributed by atoms with Crippen LogP contribution in [0.4, 0.5) is 0 Å². The van der Waals surface area contributed by atoms with E-state index in [0.717, 1.165) is 25.2 Å². The first-order valence-corrected chi connectivity index (χ1v) is 7.06. The van der Waals surface area contributed by atoms with Gasteiger partial charge in [0.2, 0.25) is 5.91 Å². The maximum absolute atomic E-state index is 12.0. The van der Waals surface area contributed by atoms with Crippen LogP contribution in [0.25, 0.3) is 0 Å². The molecule has 4 nitrogen and oxygen atoms in total. The largest absolute Gasteiger partial charge is 0.480 e. The summed E-state index contributed by atoms with van der Waals surface area (Å²) in [4.78, 5) is 23.2. The van der Waals surface area contributed by atoms with E-state index in [1.807, 2.05) is 0 Å². The maximum atomic E-state index is 12.0. The van der Waals surface area contributed by atoms with Crippen LogP contribution < -0.4 is 5.32 Å². The molecule has 1 amide bonds. The van der Waals surface area contributed by atoms with Gasteiger partial charge in [-0.2, -0.15) is 0 Å². The van der Waals surface area contributed by atoms with Crippen molar-refractivity contribution in [3.63, 3.8) is 0 Å². The summed E-state index contributed by atoms with van der Waals surface area (Å²) in [6, 6.07) is 0. The number of aliphatic carboxylic acids is 1. The molecule has 4 heteroatoms. The number of carboxylic acids is 1. The second kappa shape index (κ2) is 5.29. The third kappa shape index (κ3) is 2.52. The average Bonchev–Trinajstić information content (AvgIpc) is 2.26. The molecule has 0 aromatic carbocycles. The molecule has 102 valence electrons. The van der Waals surface area contributed by atoms with E-state index in [1.165, 1.54) is 12.8 Å². The molecular formula is C14H23NO3. The quantitative estimate of drug-likeness (QED) is 0.755. The van der Waals surface area contributed by atoms with Gasteiger partial charge in [0.1, 0.15) is 5.41 Å². The van der Waals surface area contributed by atoms with Crippen LogP contribution in [-0.2, 0) is 9.59 Å². The highest BCUT2D eigenvalue weighted by Crippen LogP contribution is 2.41. The van der Waals surface area contributed by atoms with Crippen LogP contribution in [-0.4, -0.2) is 23.5 Å². The lowest BCUT2D eigenvalue weighted by Gasteiger charge is -2.36. The van der Waals surface area contributed by atoms with Crippen molar-refractivity contribution in [2.45, 2.75) is 51.9 Å². The van der Waals surface area contributed by atoms with Crippen LogP contribution in [0.3, 0.4) is 0 Å². The smallest absolute Gasteiger partial charge is 0.319 e. The molecule has 0 saturated heterocycles. The summed E-state index contributed by atoms with van der Waals surface area (Å²) >= 11 is 0. The molecule has 0 bridgehead atoms. The van der Waals surface area contributed by atoms with Gasteiger partial charge in [-0.05, 0) is 37.5 Å². The number of carbonyl (C=O) groups excluding carboxylic acids is 1. The highest BCUT2D eigenvalue weighted by Gasteiger charge is 2.51. The van der Waals surface area contributed by atoms with Crippen LogP contribution in [0.15, 0.2) is 0 Å². The van der Waals surface area contributed by atoms with E-state index in [4.69, 9.17) is 5.11 Å². The molecule has 2 saturated carbocycles. The fourth-order valence-corrected chi connectivity index (χ4v) is 3.01. The van der Waals surface area contributed by atoms with Gasteiger partial charge >= 0.3 is 5.97 Å². The van der Waals surface area contributed by atoms with Crippen LogP contribution in [0.5, 0.6) is 0 Å². The Morgan fingerprint density at radius 2 is 1.83 bits per heavy atom. The minimum atomic E-state index is -1.11. The number of hydrogen-bond donors (Lipinski definition) is 2. The molecule has 2 N–H and O–H groups in total. The molecule has 0 aromatic heterocycles. The van der Waals surface area contributed by atoms with Crippen molar-refractivity contribution >= 4 is 11.9 Å². The van der Waals surface area contributed by atoms with Gasteiger partial charge in [-0.15, -0.1) is 0 Å². The van der Waals surface area contributed by atoms with Crippen molar-refractivity contribution in [2.75, 3.05) is 6.54 Å². The van der Waals surface area contributed by atoms with E-state index in [0.29, 0.717) is 25.3 Å². The summed E-state index contributed by atoms with van der Waals surface area (Å²) in [7, 11) is 0. The lowest BCUT2D eigenvalue weighted by molar-refractivity contribution is -0.162. The zero-order chi connectivity index (χ0) is 13.2. The third-order valence-electron chi connectivity index (χ3n) is 4.74. The van der Waals surface area contributed by atoms with Gasteiger partial charge < -0.3 is 10.4 Å². The van der Waals surface area contributed by atoms with E-state index in [9.17, 15) is 9.59 Å². The van der Waals surface area contributed by atoms with E-state index >= 15 is 0 Å². The van der Waals surface area contributed by atoms with Gasteiger partial charge in [0.25, 0.3) is 0 Å². The fraction of sp³-hybridized carbons (Fsp3) is 0.857. The molecule has 2 fully saturated rings. The molecule has 0 heterocycles. The number of nitrogens with one attached hydrogen (secondary N) is 1. The van der Waals surface area contributed by atoms with Crippen LogP contribution in [0.1, 0.15) is 51.9 Å². The number of carboxylic acid groups (broad SMARTS) is 1. The van der Waals surface area contributed by atoms with Crippen LogP contribution in [0.2, 0.25) is 0 Å². The van der Waals surface area contributed by atoms with Crippen molar-refractivity contribution in [2.24, 2.45) is 17.3 Å². The van der Waals surface area contributed by atoms with Crippen molar-refractivity contribution in [1.82, 2.24) is 5.32 Å². The molecule has 0 unspecified atom stereocenters. The maximum Gasteiger partial charge on any atom is 0.319 e. The van der Waals surface area contributed by atoms with Gasteiger partial charge in [0, 0.05) is 6.54 Å². The highest BCUT2D eigenvalue weighted by molar-refractivity contribution is 6.02. The predicted molar refractivity (Wildman–Crippen MR) is 68.1 cm³/mol. The van der Waals surface area contributed by atoms with Gasteiger partial charge in [0.15, 0.2) is 0 Å². The predicted octanol–water partition coefficient (Wildman–Crippen LogP) is 2.18. The first kappa shape index (κ1) is 13.4. The Morgan fingerprint density at radius 3 is 2.28 bits per heavy atom. The summed E-state index contributed by atoms with van der Waals surface area (Å²) in [5.41, 5.74) is -1.11. The van der Waals surface area contributed by atoms with Crippen molar-refractivity contribution in [3.05, 3.63) is 0 Å². The summed E-state index contributed by atoms with van der Waals surface area (Å²) in [6.45, 7) is 2.92. The lowest BCUT2D eigenvalue weighted by Crippen LogP contribution is -2.51. The molecular weight excluding hydrogens is 230 g/mol. The first-order chi connectivity index (χ1) is 8.54. The van der Waals surface area contributed by atoms with E-state index in [1.54, 1.807) is 0 Å². The van der Waals surface area contributed by atoms with Gasteiger partial charge in [0.05, 0.1) is 0 Å². The van der Waals surface area contributed by atoms with Gasteiger partial charge in [-0.25, -0.2) is 0 Å². The Morgan fingerprint density at radius 1 is 1.22 bits per heavy atom. The Labute approximate surface area is 108 Å². The summed E-state index contributed by atoms with van der Waals surface area (Å²) in [5.74, 6) is 0.119. The summed E-state index contributed by atoms with van der Waals surface area (Å²) in [5, 5.41) is 12.0. The Balaban J connectivity index is 1.79. The van der Waals surface area contributed by atoms with Crippen LogP contribution >= 0.6 is 0 Å². The molecule has 0 aromatic rings. The molecule has 2 rings (SSSR count). The standard InChI is InChI=1S/C14H23NO3/c1-10-3-5-11(6-4-10)9-15-12(16)14(13(17)18)7-2-8-14/h10-11H,2-9H2,1H3,(H,15,16)(H,17,18). The molecule has 2 aliphatic carbocycles. The molecule has 0 atom stereocenters. The van der Waals surface area contributed by atoms with Gasteiger partial charge in [-0.1, -0.05) is 26.2 Å². The second-order valence-corrected chi connectivity index (χ2v) is 6.08. The molecule has 0 aliphatic heterocycles. The lowest BCUT2D eigenvalue weighted by atomic mass is 9.68. The third-order valence-corrected chi connectivity index (χ3v) is 4.74. The van der Waals surface area contributed by atoms with E-state index in [-0.39, 0.29) is 5.91 Å². The Bertz CT molecular complexity index is 328. The SMILES string of the molecule is CC1CCC(CNC(=O)C2(C(=O)O)CCC2)CC1. The monoisotopic (exact) mass is 253 g/mol. The number of hydrogen-bond acceptors (Lipinski definition) is 2. The topological polar surface area (TPSA) is 66.4 Å². The molecule has 0 spiro atoms. The zero-order valence-electron chi connectivity index (χ0n) is 11.1. The minimum Gasteiger partial charge on any atom is -0.480 e. The van der Waals surface area contributed by atoms with Crippen LogP contribution in [0, 0.1) is 17.3 Å². The van der Waals surface area contributed by atoms with Crippen molar-refractivity contribution < 1.29 is 14.7 Å². The highest BCUT2D eigenvalue weighted by atomic mass is 16.4. The number of amides is 1. The Kier molecular flexibility index (Phi) is 3.93. The first-order valence-electron chi connectivity index (χ1n) is 7.06. The molecule has 2 aliphatic rings. The zero-order valence-corrected chi connectivity index (χ0v) is 11.1. The van der Waals surface area contributed by atoms with Crippen molar-refractivity contribution in [3.8, 4) is 0 Å². The summed E-state index contributed by atoms with van der Waals surface area (Å²) in [6.07, 6.45) is 6.60. The van der Waals surface area contributed by atoms with E-state index < -0.39 is 11.4 Å². The number of carbonyl (C=O) groups is 2. The molecule has 0 radical (unpaired) electrons. The Hall–Kier alpha value is -1.06. The normalized spacial score (nSPS) is 30.3. The van der Waals surface area contributed by atoms with E-state index in [2.05, 4.69) is 12.2 Å².